The summed E-state index contributed by atoms with van der Waals surface area (Å²) in [7, 11) is 0. The maximum absolute atomic E-state index is 9.00. The monoisotopic (exact) mass is 228 g/mol. The molecule has 0 saturated carbocycles. The Kier molecular flexibility index (Phi) is 3.06. The molecule has 0 saturated heterocycles. The zero-order valence-corrected chi connectivity index (χ0v) is 9.69. The van der Waals surface area contributed by atoms with Crippen LogP contribution in [0.2, 0.25) is 0 Å². The van der Waals surface area contributed by atoms with Crippen LogP contribution >= 0.6 is 0 Å². The van der Waals surface area contributed by atoms with Crippen LogP contribution in [0.3, 0.4) is 0 Å². The van der Waals surface area contributed by atoms with E-state index < -0.39 is 0 Å². The summed E-state index contributed by atoms with van der Waals surface area (Å²) in [5, 5.41) is 15.9. The van der Waals surface area contributed by atoms with E-state index in [0.717, 1.165) is 11.3 Å². The van der Waals surface area contributed by atoms with Crippen LogP contribution in [0.15, 0.2) is 22.7 Å². The van der Waals surface area contributed by atoms with E-state index in [1.165, 1.54) is 0 Å². The number of benzene rings is 1. The van der Waals surface area contributed by atoms with Crippen LogP contribution in [0.25, 0.3) is 0 Å². The maximum atomic E-state index is 9.00. The Balaban J connectivity index is 2.12. The van der Waals surface area contributed by atoms with Gasteiger partial charge in [-0.25, -0.2) is 0 Å². The Hall–Kier alpha value is -2.35. The second-order valence-electron chi connectivity index (χ2n) is 3.74. The fourth-order valence-corrected chi connectivity index (χ4v) is 1.49. The third kappa shape index (κ3) is 2.61. The summed E-state index contributed by atoms with van der Waals surface area (Å²) >= 11 is 0. The zero-order valence-electron chi connectivity index (χ0n) is 9.69. The predicted octanol–water partition coefficient (Wildman–Crippen LogP) is 2.17. The fourth-order valence-electron chi connectivity index (χ4n) is 1.49. The van der Waals surface area contributed by atoms with Gasteiger partial charge in [0.15, 0.2) is 5.82 Å². The second-order valence-corrected chi connectivity index (χ2v) is 3.74. The summed E-state index contributed by atoms with van der Waals surface area (Å²) in [6.07, 6.45) is 0. The van der Waals surface area contributed by atoms with Gasteiger partial charge in [0.05, 0.1) is 17.8 Å². The molecular formula is C12H12N4O. The number of nitrogens with zero attached hydrogens (tertiary/aromatic N) is 3. The summed E-state index contributed by atoms with van der Waals surface area (Å²) in [5.41, 5.74) is 2.45. The molecule has 2 rings (SSSR count). The van der Waals surface area contributed by atoms with Crippen LogP contribution in [0.5, 0.6) is 0 Å². The van der Waals surface area contributed by atoms with E-state index in [9.17, 15) is 0 Å². The SMILES string of the molecule is Cc1ccc(NCc2noc(C)n2)c(C#N)c1. The van der Waals surface area contributed by atoms with Crippen LogP contribution in [-0.4, -0.2) is 10.1 Å². The van der Waals surface area contributed by atoms with Crippen molar-refractivity contribution in [1.29, 1.82) is 5.26 Å². The summed E-state index contributed by atoms with van der Waals surface area (Å²) < 4.78 is 4.86. The molecule has 0 spiro atoms. The molecule has 5 nitrogen and oxygen atoms in total. The summed E-state index contributed by atoms with van der Waals surface area (Å²) in [6.45, 7) is 4.13. The molecule has 1 heterocycles. The maximum Gasteiger partial charge on any atom is 0.223 e. The molecule has 0 bridgehead atoms. The molecule has 86 valence electrons. The van der Waals surface area contributed by atoms with Crippen LogP contribution in [-0.2, 0) is 6.54 Å². The minimum Gasteiger partial charge on any atom is -0.377 e. The first kappa shape index (κ1) is 11.1. The molecule has 1 aromatic heterocycles. The lowest BCUT2D eigenvalue weighted by atomic mass is 10.1. The quantitative estimate of drug-likeness (QED) is 0.871. The van der Waals surface area contributed by atoms with Crippen molar-refractivity contribution < 1.29 is 4.52 Å². The first-order valence-electron chi connectivity index (χ1n) is 5.23. The number of rotatable bonds is 3. The van der Waals surface area contributed by atoms with Gasteiger partial charge in [0.2, 0.25) is 5.89 Å². The van der Waals surface area contributed by atoms with Crippen LogP contribution in [0.4, 0.5) is 5.69 Å². The molecular weight excluding hydrogens is 216 g/mol. The van der Waals surface area contributed by atoms with Gasteiger partial charge >= 0.3 is 0 Å². The van der Waals surface area contributed by atoms with Gasteiger partial charge in [-0.2, -0.15) is 10.2 Å². The Bertz CT molecular complexity index is 568. The molecule has 0 amide bonds. The lowest BCUT2D eigenvalue weighted by molar-refractivity contribution is 0.388. The summed E-state index contributed by atoms with van der Waals surface area (Å²) in [6, 6.07) is 7.81. The van der Waals surface area contributed by atoms with Crippen molar-refractivity contribution in [2.45, 2.75) is 20.4 Å². The summed E-state index contributed by atoms with van der Waals surface area (Å²) in [4.78, 5) is 4.08. The second kappa shape index (κ2) is 4.66. The molecule has 17 heavy (non-hydrogen) atoms. The normalized spacial score (nSPS) is 9.94. The molecule has 0 fully saturated rings. The van der Waals surface area contributed by atoms with E-state index >= 15 is 0 Å². The lowest BCUT2D eigenvalue weighted by Crippen LogP contribution is -2.03. The molecule has 0 aliphatic heterocycles. The third-order valence-electron chi connectivity index (χ3n) is 2.30. The van der Waals surface area contributed by atoms with Crippen molar-refractivity contribution in [2.75, 3.05) is 5.32 Å². The highest BCUT2D eigenvalue weighted by molar-refractivity contribution is 5.58. The van der Waals surface area contributed by atoms with Crippen molar-refractivity contribution in [3.05, 3.63) is 41.0 Å². The number of hydrogen-bond acceptors (Lipinski definition) is 5. The van der Waals surface area contributed by atoms with Crippen LogP contribution < -0.4 is 5.32 Å². The topological polar surface area (TPSA) is 74.7 Å². The lowest BCUT2D eigenvalue weighted by Gasteiger charge is -2.06. The van der Waals surface area contributed by atoms with Crippen molar-refractivity contribution in [3.8, 4) is 6.07 Å². The molecule has 0 aliphatic carbocycles. The number of nitrogens with one attached hydrogen (secondary N) is 1. The number of aromatic nitrogens is 2. The van der Waals surface area contributed by atoms with E-state index in [4.69, 9.17) is 9.78 Å². The van der Waals surface area contributed by atoms with Gasteiger partial charge in [0, 0.05) is 6.92 Å². The number of hydrogen-bond donors (Lipinski definition) is 1. The predicted molar refractivity (Wildman–Crippen MR) is 62.3 cm³/mol. The first-order valence-corrected chi connectivity index (χ1v) is 5.23. The van der Waals surface area contributed by atoms with Crippen LogP contribution in [0, 0.1) is 25.2 Å². The van der Waals surface area contributed by atoms with E-state index in [-0.39, 0.29) is 0 Å². The van der Waals surface area contributed by atoms with E-state index in [2.05, 4.69) is 21.5 Å². The average Bonchev–Trinajstić information content (AvgIpc) is 2.73. The molecule has 0 atom stereocenters. The average molecular weight is 228 g/mol. The van der Waals surface area contributed by atoms with Crippen molar-refractivity contribution >= 4 is 5.69 Å². The fraction of sp³-hybridized carbons (Fsp3) is 0.250. The van der Waals surface area contributed by atoms with Gasteiger partial charge in [-0.3, -0.25) is 0 Å². The Morgan fingerprint density at radius 1 is 1.41 bits per heavy atom. The van der Waals surface area contributed by atoms with Gasteiger partial charge in [-0.15, -0.1) is 0 Å². The molecule has 0 aliphatic rings. The first-order chi connectivity index (χ1) is 8.19. The molecule has 1 aromatic carbocycles. The molecule has 2 aromatic rings. The zero-order chi connectivity index (χ0) is 12.3. The largest absolute Gasteiger partial charge is 0.377 e. The van der Waals surface area contributed by atoms with Gasteiger partial charge in [0.25, 0.3) is 0 Å². The summed E-state index contributed by atoms with van der Waals surface area (Å²) in [5.74, 6) is 1.11. The smallest absolute Gasteiger partial charge is 0.223 e. The van der Waals surface area contributed by atoms with Gasteiger partial charge in [-0.05, 0) is 24.6 Å². The standard InChI is InChI=1S/C12H12N4O/c1-8-3-4-11(10(5-8)6-13)14-7-12-15-9(2)17-16-12/h3-5,14H,7H2,1-2H3. The minimum absolute atomic E-state index is 0.440. The highest BCUT2D eigenvalue weighted by Gasteiger charge is 2.05. The molecule has 5 heteroatoms. The number of nitriles is 1. The van der Waals surface area contributed by atoms with Crippen molar-refractivity contribution in [2.24, 2.45) is 0 Å². The van der Waals surface area contributed by atoms with E-state index in [1.807, 2.05) is 25.1 Å². The van der Waals surface area contributed by atoms with Gasteiger partial charge in [-0.1, -0.05) is 11.2 Å². The Labute approximate surface area is 99.1 Å². The highest BCUT2D eigenvalue weighted by Crippen LogP contribution is 2.16. The molecule has 0 radical (unpaired) electrons. The van der Waals surface area contributed by atoms with Crippen LogP contribution in [0.1, 0.15) is 22.8 Å². The number of anilines is 1. The Morgan fingerprint density at radius 3 is 2.88 bits per heavy atom. The van der Waals surface area contributed by atoms with Crippen molar-refractivity contribution in [3.63, 3.8) is 0 Å². The third-order valence-corrected chi connectivity index (χ3v) is 2.30. The minimum atomic E-state index is 0.440. The molecule has 0 unspecified atom stereocenters. The van der Waals surface area contributed by atoms with E-state index in [1.54, 1.807) is 6.92 Å². The van der Waals surface area contributed by atoms with Gasteiger partial charge < -0.3 is 9.84 Å². The highest BCUT2D eigenvalue weighted by atomic mass is 16.5. The van der Waals surface area contributed by atoms with Crippen molar-refractivity contribution in [1.82, 2.24) is 10.1 Å². The van der Waals surface area contributed by atoms with Gasteiger partial charge in [0.1, 0.15) is 6.07 Å². The molecule has 1 N–H and O–H groups in total. The number of aryl methyl sites for hydroxylation is 2. The Morgan fingerprint density at radius 2 is 2.24 bits per heavy atom. The van der Waals surface area contributed by atoms with E-state index in [0.29, 0.717) is 23.8 Å².